The van der Waals surface area contributed by atoms with Gasteiger partial charge in [-0.25, -0.2) is 8.42 Å². The molecule has 7 heteroatoms. The Balaban J connectivity index is 1.49. The molecule has 0 saturated carbocycles. The number of hydrogen-bond acceptors (Lipinski definition) is 4. The van der Waals surface area contributed by atoms with E-state index < -0.39 is 10.0 Å². The van der Waals surface area contributed by atoms with E-state index >= 15 is 0 Å². The van der Waals surface area contributed by atoms with Crippen molar-refractivity contribution in [1.82, 2.24) is 4.31 Å². The molecule has 0 unspecified atom stereocenters. The SMILES string of the molecule is Cc1ccc(NC(=O)Cc2ccc3c(c2)CCO3)cc1S(=O)(=O)N1CCCCCC1. The van der Waals surface area contributed by atoms with Gasteiger partial charge in [-0.2, -0.15) is 4.31 Å². The first-order valence-corrected chi connectivity index (χ1v) is 12.0. The number of anilines is 1. The summed E-state index contributed by atoms with van der Waals surface area (Å²) >= 11 is 0. The van der Waals surface area contributed by atoms with Crippen LogP contribution in [-0.4, -0.2) is 38.3 Å². The first-order valence-electron chi connectivity index (χ1n) is 10.6. The molecule has 2 aliphatic rings. The highest BCUT2D eigenvalue weighted by molar-refractivity contribution is 7.89. The molecule has 0 bridgehead atoms. The zero-order valence-electron chi connectivity index (χ0n) is 17.3. The van der Waals surface area contributed by atoms with Gasteiger partial charge < -0.3 is 10.1 Å². The smallest absolute Gasteiger partial charge is 0.243 e. The van der Waals surface area contributed by atoms with Crippen molar-refractivity contribution in [3.8, 4) is 5.75 Å². The lowest BCUT2D eigenvalue weighted by atomic mass is 10.1. The zero-order valence-corrected chi connectivity index (χ0v) is 18.1. The first-order chi connectivity index (χ1) is 14.4. The molecule has 2 aromatic carbocycles. The van der Waals surface area contributed by atoms with Gasteiger partial charge in [0.1, 0.15) is 5.75 Å². The number of rotatable bonds is 5. The highest BCUT2D eigenvalue weighted by Crippen LogP contribution is 2.27. The summed E-state index contributed by atoms with van der Waals surface area (Å²) in [5.41, 5.74) is 3.24. The largest absolute Gasteiger partial charge is 0.493 e. The maximum absolute atomic E-state index is 13.2. The van der Waals surface area contributed by atoms with Crippen LogP contribution in [0.5, 0.6) is 5.75 Å². The normalized spacial score (nSPS) is 17.1. The van der Waals surface area contributed by atoms with Gasteiger partial charge in [0.15, 0.2) is 0 Å². The number of aryl methyl sites for hydroxylation is 1. The topological polar surface area (TPSA) is 75.7 Å². The number of nitrogens with zero attached hydrogens (tertiary/aromatic N) is 1. The average Bonchev–Trinajstić information content (AvgIpc) is 3.00. The van der Waals surface area contributed by atoms with Crippen molar-refractivity contribution < 1.29 is 17.9 Å². The van der Waals surface area contributed by atoms with Gasteiger partial charge in [0.25, 0.3) is 0 Å². The summed E-state index contributed by atoms with van der Waals surface area (Å²) in [6.07, 6.45) is 5.00. The van der Waals surface area contributed by atoms with Gasteiger partial charge in [-0.1, -0.05) is 31.0 Å². The number of benzene rings is 2. The van der Waals surface area contributed by atoms with Crippen molar-refractivity contribution in [2.24, 2.45) is 0 Å². The van der Waals surface area contributed by atoms with Gasteiger partial charge in [0, 0.05) is 25.2 Å². The standard InChI is InChI=1S/C23H28N2O4S/c1-17-6-8-20(16-22(17)30(27,28)25-11-4-2-3-5-12-25)24-23(26)15-18-7-9-21-19(14-18)10-13-29-21/h6-9,14,16H,2-5,10-13,15H2,1H3,(H,24,26). The minimum Gasteiger partial charge on any atom is -0.493 e. The second-order valence-electron chi connectivity index (χ2n) is 8.06. The average molecular weight is 429 g/mol. The van der Waals surface area contributed by atoms with Crippen molar-refractivity contribution in [2.75, 3.05) is 25.0 Å². The van der Waals surface area contributed by atoms with Crippen LogP contribution in [0, 0.1) is 6.92 Å². The van der Waals surface area contributed by atoms with Crippen LogP contribution in [0.15, 0.2) is 41.3 Å². The van der Waals surface area contributed by atoms with Crippen LogP contribution in [-0.2, 0) is 27.7 Å². The van der Waals surface area contributed by atoms with E-state index in [0.717, 1.165) is 49.0 Å². The summed E-state index contributed by atoms with van der Waals surface area (Å²) in [5, 5.41) is 2.86. The summed E-state index contributed by atoms with van der Waals surface area (Å²) in [6.45, 7) is 3.59. The summed E-state index contributed by atoms with van der Waals surface area (Å²) in [4.78, 5) is 12.8. The molecule has 160 valence electrons. The summed E-state index contributed by atoms with van der Waals surface area (Å²) in [7, 11) is -3.57. The highest BCUT2D eigenvalue weighted by Gasteiger charge is 2.27. The molecule has 4 rings (SSSR count). The number of nitrogens with one attached hydrogen (secondary N) is 1. The Labute approximate surface area is 178 Å². The van der Waals surface area contributed by atoms with Crippen LogP contribution in [0.25, 0.3) is 0 Å². The minimum absolute atomic E-state index is 0.171. The van der Waals surface area contributed by atoms with E-state index in [1.807, 2.05) is 18.2 Å². The molecule has 6 nitrogen and oxygen atoms in total. The number of ether oxygens (including phenoxy) is 1. The van der Waals surface area contributed by atoms with Crippen molar-refractivity contribution in [3.05, 3.63) is 53.1 Å². The summed E-state index contributed by atoms with van der Waals surface area (Å²) < 4.78 is 33.5. The number of carbonyl (C=O) groups excluding carboxylic acids is 1. The third-order valence-electron chi connectivity index (χ3n) is 5.77. The van der Waals surface area contributed by atoms with E-state index in [1.54, 1.807) is 29.4 Å². The van der Waals surface area contributed by atoms with E-state index in [9.17, 15) is 13.2 Å². The number of amides is 1. The van der Waals surface area contributed by atoms with Gasteiger partial charge in [0.05, 0.1) is 17.9 Å². The third kappa shape index (κ3) is 4.52. The molecule has 0 spiro atoms. The van der Waals surface area contributed by atoms with E-state index in [1.165, 1.54) is 0 Å². The lowest BCUT2D eigenvalue weighted by Crippen LogP contribution is -2.32. The molecule has 2 aromatic rings. The molecular formula is C23H28N2O4S. The summed E-state index contributed by atoms with van der Waals surface area (Å²) in [5.74, 6) is 0.719. The molecule has 1 saturated heterocycles. The Bertz CT molecular complexity index is 1040. The predicted octanol–water partition coefficient (Wildman–Crippen LogP) is 3.68. The molecular weight excluding hydrogens is 400 g/mol. The Kier molecular flexibility index (Phi) is 6.11. The van der Waals surface area contributed by atoms with Crippen molar-refractivity contribution in [2.45, 2.75) is 50.3 Å². The molecule has 2 aliphatic heterocycles. The Morgan fingerprint density at radius 2 is 1.83 bits per heavy atom. The van der Waals surface area contributed by atoms with Gasteiger partial charge in [-0.15, -0.1) is 0 Å². The van der Waals surface area contributed by atoms with Crippen LogP contribution in [0.1, 0.15) is 42.4 Å². The van der Waals surface area contributed by atoms with Crippen LogP contribution < -0.4 is 10.1 Å². The second kappa shape index (κ2) is 8.78. The number of fused-ring (bicyclic) bond motifs is 1. The number of hydrogen-bond donors (Lipinski definition) is 1. The maximum atomic E-state index is 13.2. The molecule has 1 amide bonds. The van der Waals surface area contributed by atoms with Gasteiger partial charge >= 0.3 is 0 Å². The first kappa shape index (κ1) is 20.9. The molecule has 2 heterocycles. The predicted molar refractivity (Wildman–Crippen MR) is 116 cm³/mol. The summed E-state index contributed by atoms with van der Waals surface area (Å²) in [6, 6.07) is 10.9. The zero-order chi connectivity index (χ0) is 21.1. The third-order valence-corrected chi connectivity index (χ3v) is 7.81. The van der Waals surface area contributed by atoms with Crippen molar-refractivity contribution in [1.29, 1.82) is 0 Å². The lowest BCUT2D eigenvalue weighted by molar-refractivity contribution is -0.115. The van der Waals surface area contributed by atoms with E-state index in [-0.39, 0.29) is 17.2 Å². The van der Waals surface area contributed by atoms with Gasteiger partial charge in [0.2, 0.25) is 15.9 Å². The van der Waals surface area contributed by atoms with Crippen LogP contribution in [0.2, 0.25) is 0 Å². The van der Waals surface area contributed by atoms with Crippen LogP contribution in [0.3, 0.4) is 0 Å². The molecule has 0 radical (unpaired) electrons. The minimum atomic E-state index is -3.57. The molecule has 1 N–H and O–H groups in total. The Morgan fingerprint density at radius 3 is 2.60 bits per heavy atom. The van der Waals surface area contributed by atoms with Crippen LogP contribution in [0.4, 0.5) is 5.69 Å². The molecule has 30 heavy (non-hydrogen) atoms. The highest BCUT2D eigenvalue weighted by atomic mass is 32.2. The quantitative estimate of drug-likeness (QED) is 0.788. The fourth-order valence-corrected chi connectivity index (χ4v) is 5.89. The molecule has 0 aliphatic carbocycles. The van der Waals surface area contributed by atoms with Crippen molar-refractivity contribution in [3.63, 3.8) is 0 Å². The fraction of sp³-hybridized carbons (Fsp3) is 0.435. The van der Waals surface area contributed by atoms with E-state index in [0.29, 0.717) is 30.9 Å². The Morgan fingerprint density at radius 1 is 1.07 bits per heavy atom. The molecule has 1 fully saturated rings. The fourth-order valence-electron chi connectivity index (χ4n) is 4.12. The van der Waals surface area contributed by atoms with Crippen LogP contribution >= 0.6 is 0 Å². The molecule has 0 atom stereocenters. The van der Waals surface area contributed by atoms with Crippen molar-refractivity contribution >= 4 is 21.6 Å². The number of sulfonamides is 1. The number of carbonyl (C=O) groups is 1. The lowest BCUT2D eigenvalue weighted by Gasteiger charge is -2.21. The second-order valence-corrected chi connectivity index (χ2v) is 9.97. The van der Waals surface area contributed by atoms with Gasteiger partial charge in [-0.3, -0.25) is 4.79 Å². The van der Waals surface area contributed by atoms with E-state index in [2.05, 4.69) is 5.32 Å². The molecule has 0 aromatic heterocycles. The van der Waals surface area contributed by atoms with Gasteiger partial charge in [-0.05, 0) is 54.7 Å². The Hall–Kier alpha value is -2.38. The van der Waals surface area contributed by atoms with E-state index in [4.69, 9.17) is 4.74 Å². The monoisotopic (exact) mass is 428 g/mol. The maximum Gasteiger partial charge on any atom is 0.243 e.